The molecule has 0 spiro atoms. The topological polar surface area (TPSA) is 54.3 Å². The smallest absolute Gasteiger partial charge is 0.263 e. The molecular formula is C19H24ClN3O2. The Labute approximate surface area is 153 Å². The number of carbonyl (C=O) groups is 1. The Morgan fingerprint density at radius 1 is 1.24 bits per heavy atom. The lowest BCUT2D eigenvalue weighted by atomic mass is 10.1. The zero-order valence-corrected chi connectivity index (χ0v) is 16.0. The van der Waals surface area contributed by atoms with Gasteiger partial charge in [0.1, 0.15) is 5.56 Å². The minimum absolute atomic E-state index is 0.0447. The number of nitrogens with zero attached hydrogens (tertiary/aromatic N) is 2. The maximum atomic E-state index is 12.9. The van der Waals surface area contributed by atoms with Gasteiger partial charge in [0, 0.05) is 18.8 Å². The van der Waals surface area contributed by atoms with Crippen molar-refractivity contribution in [3.8, 4) is 0 Å². The van der Waals surface area contributed by atoms with Crippen molar-refractivity contribution in [2.45, 2.75) is 26.8 Å². The summed E-state index contributed by atoms with van der Waals surface area (Å²) in [6.07, 6.45) is 1.74. The molecule has 1 atom stereocenters. The predicted molar refractivity (Wildman–Crippen MR) is 103 cm³/mol. The van der Waals surface area contributed by atoms with E-state index in [2.05, 4.69) is 5.32 Å². The zero-order valence-electron chi connectivity index (χ0n) is 15.3. The Morgan fingerprint density at radius 2 is 1.92 bits per heavy atom. The summed E-state index contributed by atoms with van der Waals surface area (Å²) in [5.74, 6) is -0.440. The first-order valence-electron chi connectivity index (χ1n) is 8.15. The van der Waals surface area contributed by atoms with Crippen molar-refractivity contribution in [2.24, 2.45) is 0 Å². The molecule has 0 fully saturated rings. The number of rotatable bonds is 5. The van der Waals surface area contributed by atoms with Crippen LogP contribution in [0.15, 0.2) is 35.3 Å². The third kappa shape index (κ3) is 4.30. The van der Waals surface area contributed by atoms with Crippen LogP contribution in [0.5, 0.6) is 0 Å². The molecular weight excluding hydrogens is 338 g/mol. The molecule has 6 heteroatoms. The van der Waals surface area contributed by atoms with Crippen molar-refractivity contribution >= 4 is 23.2 Å². The summed E-state index contributed by atoms with van der Waals surface area (Å²) >= 11 is 6.18. The van der Waals surface area contributed by atoms with Gasteiger partial charge in [-0.15, -0.1) is 0 Å². The zero-order chi connectivity index (χ0) is 18.7. The minimum Gasteiger partial charge on any atom is -0.320 e. The van der Waals surface area contributed by atoms with E-state index >= 15 is 0 Å². The molecule has 0 radical (unpaired) electrons. The van der Waals surface area contributed by atoms with Crippen LogP contribution in [0.4, 0.5) is 5.69 Å². The molecule has 0 saturated heterocycles. The molecule has 0 aliphatic rings. The SMILES string of the molecule is Cc1cccc(Cl)c1NC(=O)c1c(C)ccn(C(C)CN(C)C)c1=O. The molecule has 2 aromatic rings. The third-order valence-corrected chi connectivity index (χ3v) is 4.43. The number of hydrogen-bond acceptors (Lipinski definition) is 3. The number of likely N-dealkylation sites (N-methyl/N-ethyl adjacent to an activating group) is 1. The van der Waals surface area contributed by atoms with Crippen LogP contribution in [-0.2, 0) is 0 Å². The molecule has 1 unspecified atom stereocenters. The Kier molecular flexibility index (Phi) is 6.03. The second kappa shape index (κ2) is 7.85. The number of halogens is 1. The second-order valence-electron chi connectivity index (χ2n) is 6.58. The summed E-state index contributed by atoms with van der Waals surface area (Å²) in [5, 5.41) is 3.24. The molecule has 5 nitrogen and oxygen atoms in total. The number of hydrogen-bond donors (Lipinski definition) is 1. The summed E-state index contributed by atoms with van der Waals surface area (Å²) in [7, 11) is 3.90. The maximum Gasteiger partial charge on any atom is 0.263 e. The van der Waals surface area contributed by atoms with Gasteiger partial charge in [-0.3, -0.25) is 9.59 Å². The van der Waals surface area contributed by atoms with E-state index in [1.165, 1.54) is 0 Å². The maximum absolute atomic E-state index is 12.9. The number of anilines is 1. The van der Waals surface area contributed by atoms with Gasteiger partial charge < -0.3 is 14.8 Å². The number of carbonyl (C=O) groups excluding carboxylic acids is 1. The molecule has 1 aromatic carbocycles. The normalized spacial score (nSPS) is 12.3. The number of pyridine rings is 1. The first kappa shape index (κ1) is 19.2. The van der Waals surface area contributed by atoms with Gasteiger partial charge in [-0.1, -0.05) is 23.7 Å². The standard InChI is InChI=1S/C19H24ClN3O2/c1-12-9-10-23(14(3)11-22(4)5)19(25)16(12)18(24)21-17-13(2)7-6-8-15(17)20/h6-10,14H,11H2,1-5H3,(H,21,24). The Hall–Kier alpha value is -2.11. The first-order valence-corrected chi connectivity index (χ1v) is 8.53. The van der Waals surface area contributed by atoms with Crippen molar-refractivity contribution in [3.05, 3.63) is 62.5 Å². The van der Waals surface area contributed by atoms with Gasteiger partial charge in [-0.05, 0) is 58.1 Å². The number of nitrogens with one attached hydrogen (secondary N) is 1. The monoisotopic (exact) mass is 361 g/mol. The fourth-order valence-electron chi connectivity index (χ4n) is 2.85. The van der Waals surface area contributed by atoms with E-state index in [9.17, 15) is 9.59 Å². The molecule has 0 aliphatic carbocycles. The van der Waals surface area contributed by atoms with E-state index in [4.69, 9.17) is 11.6 Å². The van der Waals surface area contributed by atoms with Crippen molar-refractivity contribution in [2.75, 3.05) is 26.0 Å². The van der Waals surface area contributed by atoms with E-state index in [1.54, 1.807) is 29.8 Å². The van der Waals surface area contributed by atoms with Gasteiger partial charge in [0.25, 0.3) is 11.5 Å². The molecule has 1 N–H and O–H groups in total. The lowest BCUT2D eigenvalue weighted by Crippen LogP contribution is -2.34. The summed E-state index contributed by atoms with van der Waals surface area (Å²) in [6.45, 7) is 6.28. The molecule has 2 rings (SSSR count). The highest BCUT2D eigenvalue weighted by Crippen LogP contribution is 2.25. The summed E-state index contributed by atoms with van der Waals surface area (Å²) in [5.41, 5.74) is 1.87. The van der Waals surface area contributed by atoms with Crippen LogP contribution in [0.25, 0.3) is 0 Å². The predicted octanol–water partition coefficient (Wildman–Crippen LogP) is 3.49. The van der Waals surface area contributed by atoms with Gasteiger partial charge in [0.2, 0.25) is 0 Å². The number of benzene rings is 1. The molecule has 1 aromatic heterocycles. The van der Waals surface area contributed by atoms with E-state index < -0.39 is 5.91 Å². The summed E-state index contributed by atoms with van der Waals surface area (Å²) in [6, 6.07) is 7.13. The molecule has 0 bridgehead atoms. The quantitative estimate of drug-likeness (QED) is 0.886. The highest BCUT2D eigenvalue weighted by Gasteiger charge is 2.19. The number of amides is 1. The van der Waals surface area contributed by atoms with Gasteiger partial charge in [0.05, 0.1) is 10.7 Å². The van der Waals surface area contributed by atoms with Gasteiger partial charge in [-0.25, -0.2) is 0 Å². The first-order chi connectivity index (χ1) is 11.7. The van der Waals surface area contributed by atoms with Crippen LogP contribution < -0.4 is 10.9 Å². The molecule has 1 heterocycles. The average Bonchev–Trinajstić information content (AvgIpc) is 2.50. The average molecular weight is 362 g/mol. The van der Waals surface area contributed by atoms with Crippen LogP contribution >= 0.6 is 11.6 Å². The van der Waals surface area contributed by atoms with Crippen LogP contribution in [0, 0.1) is 13.8 Å². The molecule has 0 saturated carbocycles. The van der Waals surface area contributed by atoms with Gasteiger partial charge in [0.15, 0.2) is 0 Å². The molecule has 25 heavy (non-hydrogen) atoms. The van der Waals surface area contributed by atoms with Crippen LogP contribution in [0.3, 0.4) is 0 Å². The Balaban J connectivity index is 2.41. The lowest BCUT2D eigenvalue weighted by molar-refractivity contribution is 0.102. The van der Waals surface area contributed by atoms with Crippen LogP contribution in [-0.4, -0.2) is 36.0 Å². The fourth-order valence-corrected chi connectivity index (χ4v) is 3.12. The van der Waals surface area contributed by atoms with Crippen molar-refractivity contribution in [1.29, 1.82) is 0 Å². The highest BCUT2D eigenvalue weighted by atomic mass is 35.5. The second-order valence-corrected chi connectivity index (χ2v) is 6.99. The number of aromatic nitrogens is 1. The van der Waals surface area contributed by atoms with E-state index in [1.807, 2.05) is 45.0 Å². The summed E-state index contributed by atoms with van der Waals surface area (Å²) in [4.78, 5) is 27.6. The van der Waals surface area contributed by atoms with Gasteiger partial charge >= 0.3 is 0 Å². The Morgan fingerprint density at radius 3 is 2.52 bits per heavy atom. The molecule has 1 amide bonds. The summed E-state index contributed by atoms with van der Waals surface area (Å²) < 4.78 is 1.60. The number of aryl methyl sites for hydroxylation is 2. The van der Waals surface area contributed by atoms with Crippen LogP contribution in [0.2, 0.25) is 5.02 Å². The van der Waals surface area contributed by atoms with Crippen molar-refractivity contribution in [1.82, 2.24) is 9.47 Å². The largest absolute Gasteiger partial charge is 0.320 e. The third-order valence-electron chi connectivity index (χ3n) is 4.12. The van der Waals surface area contributed by atoms with E-state index in [0.29, 0.717) is 22.8 Å². The lowest BCUT2D eigenvalue weighted by Gasteiger charge is -2.20. The van der Waals surface area contributed by atoms with E-state index in [-0.39, 0.29) is 17.2 Å². The minimum atomic E-state index is -0.440. The molecule has 0 aliphatic heterocycles. The van der Waals surface area contributed by atoms with Crippen LogP contribution in [0.1, 0.15) is 34.5 Å². The molecule has 134 valence electrons. The van der Waals surface area contributed by atoms with Gasteiger partial charge in [-0.2, -0.15) is 0 Å². The van der Waals surface area contributed by atoms with Crippen molar-refractivity contribution in [3.63, 3.8) is 0 Å². The van der Waals surface area contributed by atoms with E-state index in [0.717, 1.165) is 5.56 Å². The fraction of sp³-hybridized carbons (Fsp3) is 0.368. The number of para-hydroxylation sites is 1. The van der Waals surface area contributed by atoms with Crippen molar-refractivity contribution < 1.29 is 4.79 Å². The highest BCUT2D eigenvalue weighted by molar-refractivity contribution is 6.34. The Bertz CT molecular complexity index is 823.